The second-order valence-electron chi connectivity index (χ2n) is 6.02. The predicted molar refractivity (Wildman–Crippen MR) is 91.4 cm³/mol. The number of benzene rings is 2. The molecule has 2 unspecified atom stereocenters. The average molecular weight is 334 g/mol. The fourth-order valence-corrected chi connectivity index (χ4v) is 4.18. The quantitative estimate of drug-likeness (QED) is 0.742. The van der Waals surface area contributed by atoms with Gasteiger partial charge in [-0.15, -0.1) is 0 Å². The Bertz CT molecular complexity index is 731. The Kier molecular flexibility index (Phi) is 3.47. The summed E-state index contributed by atoms with van der Waals surface area (Å²) in [6.07, 6.45) is 3.45. The van der Waals surface area contributed by atoms with Crippen molar-refractivity contribution in [2.24, 2.45) is 0 Å². The summed E-state index contributed by atoms with van der Waals surface area (Å²) in [4.78, 5) is 2.51. The molecule has 2 bridgehead atoms. The van der Waals surface area contributed by atoms with Crippen LogP contribution in [0.4, 0.5) is 5.69 Å². The molecule has 0 aliphatic carbocycles. The minimum Gasteiger partial charge on any atom is -0.497 e. The molecule has 2 aliphatic heterocycles. The van der Waals surface area contributed by atoms with Crippen molar-refractivity contribution in [1.29, 1.82) is 0 Å². The third-order valence-electron chi connectivity index (χ3n) is 4.87. The molecule has 4 rings (SSSR count). The lowest BCUT2D eigenvalue weighted by Gasteiger charge is -2.38. The van der Waals surface area contributed by atoms with Crippen molar-refractivity contribution in [3.8, 4) is 5.75 Å². The molecule has 2 aliphatic rings. The normalized spacial score (nSPS) is 22.6. The fourth-order valence-electron chi connectivity index (χ4n) is 3.89. The number of hydrogen-bond acceptors (Lipinski definition) is 2. The molecule has 0 N–H and O–H groups in total. The lowest BCUT2D eigenvalue weighted by molar-refractivity contribution is 0.413. The van der Waals surface area contributed by atoms with Crippen LogP contribution in [0.3, 0.4) is 0 Å². The number of halogens is 2. The van der Waals surface area contributed by atoms with Gasteiger partial charge in [-0.2, -0.15) is 0 Å². The standard InChI is InChI=1S/C18H17Cl2NO/c1-22-14-4-5-15-11(9-14)8-12-3-7-18(15)21(12)13-2-6-16(19)17(20)10-13/h2,4-6,9-10,12,18H,3,7-8H2,1H3. The highest BCUT2D eigenvalue weighted by atomic mass is 35.5. The number of hydrogen-bond donors (Lipinski definition) is 0. The number of methoxy groups -OCH3 is 1. The molecule has 2 aromatic carbocycles. The van der Waals surface area contributed by atoms with Crippen molar-refractivity contribution in [1.82, 2.24) is 0 Å². The van der Waals surface area contributed by atoms with Crippen LogP contribution in [-0.4, -0.2) is 13.2 Å². The number of nitrogens with zero attached hydrogens (tertiary/aromatic N) is 1. The van der Waals surface area contributed by atoms with Gasteiger partial charge in [0.05, 0.1) is 23.2 Å². The van der Waals surface area contributed by atoms with Crippen LogP contribution < -0.4 is 9.64 Å². The maximum Gasteiger partial charge on any atom is 0.119 e. The monoisotopic (exact) mass is 333 g/mol. The van der Waals surface area contributed by atoms with Gasteiger partial charge in [0, 0.05) is 11.7 Å². The van der Waals surface area contributed by atoms with E-state index in [1.165, 1.54) is 29.7 Å². The summed E-state index contributed by atoms with van der Waals surface area (Å²) < 4.78 is 5.37. The van der Waals surface area contributed by atoms with Crippen LogP contribution in [0.15, 0.2) is 36.4 Å². The second-order valence-corrected chi connectivity index (χ2v) is 6.84. The number of anilines is 1. The summed E-state index contributed by atoms with van der Waals surface area (Å²) in [7, 11) is 1.72. The van der Waals surface area contributed by atoms with E-state index in [2.05, 4.69) is 29.2 Å². The fraction of sp³-hybridized carbons (Fsp3) is 0.333. The number of ether oxygens (including phenoxy) is 1. The van der Waals surface area contributed by atoms with E-state index >= 15 is 0 Å². The number of rotatable bonds is 2. The van der Waals surface area contributed by atoms with Crippen molar-refractivity contribution in [2.45, 2.75) is 31.3 Å². The first-order valence-corrected chi connectivity index (χ1v) is 8.33. The Morgan fingerprint density at radius 2 is 1.91 bits per heavy atom. The van der Waals surface area contributed by atoms with Crippen molar-refractivity contribution in [3.05, 3.63) is 57.6 Å². The molecule has 4 heteroatoms. The van der Waals surface area contributed by atoms with Gasteiger partial charge in [0.25, 0.3) is 0 Å². The molecule has 1 fully saturated rings. The van der Waals surface area contributed by atoms with Gasteiger partial charge >= 0.3 is 0 Å². The van der Waals surface area contributed by atoms with E-state index in [-0.39, 0.29) is 0 Å². The van der Waals surface area contributed by atoms with Gasteiger partial charge in [-0.05, 0) is 60.7 Å². The van der Waals surface area contributed by atoms with E-state index in [4.69, 9.17) is 27.9 Å². The Morgan fingerprint density at radius 1 is 1.05 bits per heavy atom. The van der Waals surface area contributed by atoms with E-state index in [9.17, 15) is 0 Å². The molecule has 2 heterocycles. The second kappa shape index (κ2) is 5.36. The van der Waals surface area contributed by atoms with Crippen LogP contribution in [0.1, 0.15) is 30.0 Å². The highest BCUT2D eigenvalue weighted by Crippen LogP contribution is 2.47. The van der Waals surface area contributed by atoms with Gasteiger partial charge in [0.2, 0.25) is 0 Å². The Balaban J connectivity index is 1.75. The lowest BCUT2D eigenvalue weighted by Crippen LogP contribution is -2.37. The topological polar surface area (TPSA) is 12.5 Å². The molecule has 2 aromatic rings. The summed E-state index contributed by atoms with van der Waals surface area (Å²) >= 11 is 12.3. The van der Waals surface area contributed by atoms with Crippen molar-refractivity contribution < 1.29 is 4.74 Å². The largest absolute Gasteiger partial charge is 0.497 e. The molecule has 1 saturated heterocycles. The number of fused-ring (bicyclic) bond motifs is 4. The first-order valence-electron chi connectivity index (χ1n) is 7.57. The maximum atomic E-state index is 6.21. The van der Waals surface area contributed by atoms with Crippen LogP contribution in [0.2, 0.25) is 10.0 Å². The van der Waals surface area contributed by atoms with Crippen LogP contribution >= 0.6 is 23.2 Å². The van der Waals surface area contributed by atoms with Crippen LogP contribution in [0.5, 0.6) is 5.75 Å². The van der Waals surface area contributed by atoms with Gasteiger partial charge in [-0.1, -0.05) is 29.3 Å². The molecule has 0 saturated carbocycles. The molecule has 22 heavy (non-hydrogen) atoms. The third kappa shape index (κ3) is 2.17. The van der Waals surface area contributed by atoms with Crippen LogP contribution in [0, 0.1) is 0 Å². The van der Waals surface area contributed by atoms with E-state index in [0.29, 0.717) is 22.1 Å². The maximum absolute atomic E-state index is 6.21. The van der Waals surface area contributed by atoms with Gasteiger partial charge < -0.3 is 9.64 Å². The van der Waals surface area contributed by atoms with Crippen molar-refractivity contribution in [3.63, 3.8) is 0 Å². The van der Waals surface area contributed by atoms with Gasteiger partial charge in [-0.25, -0.2) is 0 Å². The molecule has 0 aromatic heterocycles. The Hall–Kier alpha value is -1.38. The van der Waals surface area contributed by atoms with E-state index in [1.54, 1.807) is 7.11 Å². The zero-order valence-electron chi connectivity index (χ0n) is 12.4. The summed E-state index contributed by atoms with van der Waals surface area (Å²) in [6, 6.07) is 13.4. The van der Waals surface area contributed by atoms with Crippen molar-refractivity contribution >= 4 is 28.9 Å². The molecular formula is C18H17Cl2NO. The van der Waals surface area contributed by atoms with Gasteiger partial charge in [-0.3, -0.25) is 0 Å². The molecule has 0 spiro atoms. The van der Waals surface area contributed by atoms with Crippen LogP contribution in [0.25, 0.3) is 0 Å². The summed E-state index contributed by atoms with van der Waals surface area (Å²) in [5, 5.41) is 1.24. The van der Waals surface area contributed by atoms with E-state index < -0.39 is 0 Å². The highest BCUT2D eigenvalue weighted by molar-refractivity contribution is 6.42. The lowest BCUT2D eigenvalue weighted by atomic mass is 9.92. The molecule has 114 valence electrons. The highest BCUT2D eigenvalue weighted by Gasteiger charge is 2.40. The third-order valence-corrected chi connectivity index (χ3v) is 5.61. The Morgan fingerprint density at radius 3 is 2.68 bits per heavy atom. The minimum atomic E-state index is 0.428. The molecule has 0 amide bonds. The summed E-state index contributed by atoms with van der Waals surface area (Å²) in [5.41, 5.74) is 4.01. The molecule has 2 nitrogen and oxygen atoms in total. The first-order chi connectivity index (χ1) is 10.7. The Labute approximate surface area is 140 Å². The predicted octanol–water partition coefficient (Wildman–Crippen LogP) is 5.27. The molecular weight excluding hydrogens is 317 g/mol. The van der Waals surface area contributed by atoms with E-state index in [0.717, 1.165) is 12.2 Å². The van der Waals surface area contributed by atoms with E-state index in [1.807, 2.05) is 12.1 Å². The van der Waals surface area contributed by atoms with Crippen molar-refractivity contribution in [2.75, 3.05) is 12.0 Å². The SMILES string of the molecule is COc1ccc2c(c1)CC1CCC2N1c1ccc(Cl)c(Cl)c1. The van der Waals surface area contributed by atoms with Crippen LogP contribution in [-0.2, 0) is 6.42 Å². The molecule has 0 radical (unpaired) electrons. The van der Waals surface area contributed by atoms with Gasteiger partial charge in [0.1, 0.15) is 5.75 Å². The zero-order valence-corrected chi connectivity index (χ0v) is 13.9. The smallest absolute Gasteiger partial charge is 0.119 e. The zero-order chi connectivity index (χ0) is 15.3. The summed E-state index contributed by atoms with van der Waals surface area (Å²) in [6.45, 7) is 0. The van der Waals surface area contributed by atoms with Gasteiger partial charge in [0.15, 0.2) is 0 Å². The average Bonchev–Trinajstić information content (AvgIpc) is 2.84. The molecule has 2 atom stereocenters. The minimum absolute atomic E-state index is 0.428. The summed E-state index contributed by atoms with van der Waals surface area (Å²) in [5.74, 6) is 0.945. The first kappa shape index (κ1) is 14.2.